The van der Waals surface area contributed by atoms with E-state index in [1.807, 2.05) is 4.68 Å². The molecule has 0 saturated heterocycles. The minimum Gasteiger partial charge on any atom is -0.312 e. The Kier molecular flexibility index (Phi) is 6.73. The van der Waals surface area contributed by atoms with Crippen LogP contribution in [0.25, 0.3) is 0 Å². The molecular formula is C16H30BrN3. The Hall–Kier alpha value is -0.350. The van der Waals surface area contributed by atoms with Gasteiger partial charge in [-0.15, -0.1) is 0 Å². The number of nitrogens with zero attached hydrogens (tertiary/aromatic N) is 2. The molecule has 0 aliphatic rings. The van der Waals surface area contributed by atoms with Gasteiger partial charge in [0.25, 0.3) is 0 Å². The van der Waals surface area contributed by atoms with E-state index in [4.69, 9.17) is 0 Å². The van der Waals surface area contributed by atoms with Crippen molar-refractivity contribution >= 4 is 15.9 Å². The maximum absolute atomic E-state index is 4.60. The van der Waals surface area contributed by atoms with E-state index in [0.29, 0.717) is 5.92 Å². The highest BCUT2D eigenvalue weighted by Gasteiger charge is 2.19. The summed E-state index contributed by atoms with van der Waals surface area (Å²) in [5, 5.41) is 8.24. The molecule has 1 aromatic heterocycles. The number of hydrogen-bond donors (Lipinski definition) is 1. The van der Waals surface area contributed by atoms with Gasteiger partial charge in [-0.3, -0.25) is 4.68 Å². The molecule has 0 aromatic carbocycles. The van der Waals surface area contributed by atoms with Crippen LogP contribution in [0.15, 0.2) is 4.47 Å². The molecule has 1 N–H and O–H groups in total. The lowest BCUT2D eigenvalue weighted by Crippen LogP contribution is -2.39. The number of halogens is 1. The van der Waals surface area contributed by atoms with Crippen molar-refractivity contribution in [2.75, 3.05) is 6.54 Å². The van der Waals surface area contributed by atoms with Gasteiger partial charge in [-0.2, -0.15) is 5.10 Å². The first kappa shape index (κ1) is 17.7. The lowest BCUT2D eigenvalue weighted by atomic mass is 9.96. The Labute approximate surface area is 132 Å². The zero-order chi connectivity index (χ0) is 15.3. The van der Waals surface area contributed by atoms with Crippen LogP contribution < -0.4 is 5.32 Å². The summed E-state index contributed by atoms with van der Waals surface area (Å²) in [6, 6.07) is 0. The maximum Gasteiger partial charge on any atom is 0.0766 e. The van der Waals surface area contributed by atoms with Crippen molar-refractivity contribution in [3.63, 3.8) is 0 Å². The Bertz CT molecular complexity index is 418. The number of aryl methyl sites for hydroxylation is 2. The fourth-order valence-corrected chi connectivity index (χ4v) is 3.23. The second kappa shape index (κ2) is 7.60. The van der Waals surface area contributed by atoms with Crippen molar-refractivity contribution in [1.82, 2.24) is 15.1 Å². The summed E-state index contributed by atoms with van der Waals surface area (Å²) in [7, 11) is 2.06. The molecule has 0 amide bonds. The quantitative estimate of drug-likeness (QED) is 0.807. The van der Waals surface area contributed by atoms with E-state index in [1.165, 1.54) is 28.7 Å². The fraction of sp³-hybridized carbons (Fsp3) is 0.812. The monoisotopic (exact) mass is 343 g/mol. The molecule has 0 bridgehead atoms. The molecule has 1 atom stereocenters. The van der Waals surface area contributed by atoms with Crippen molar-refractivity contribution in [2.24, 2.45) is 13.0 Å². The highest BCUT2D eigenvalue weighted by Crippen LogP contribution is 2.25. The van der Waals surface area contributed by atoms with Crippen LogP contribution in [0.5, 0.6) is 0 Å². The lowest BCUT2D eigenvalue weighted by molar-refractivity contribution is 0.351. The third-order valence-corrected chi connectivity index (χ3v) is 4.52. The van der Waals surface area contributed by atoms with Crippen LogP contribution in [0, 0.1) is 5.92 Å². The van der Waals surface area contributed by atoms with Crippen molar-refractivity contribution in [1.29, 1.82) is 0 Å². The van der Waals surface area contributed by atoms with Crippen LogP contribution in [0.4, 0.5) is 0 Å². The Morgan fingerprint density at radius 3 is 2.40 bits per heavy atom. The molecule has 0 aliphatic heterocycles. The molecule has 4 heteroatoms. The summed E-state index contributed by atoms with van der Waals surface area (Å²) in [6.45, 7) is 12.2. The molecule has 116 valence electrons. The van der Waals surface area contributed by atoms with Crippen LogP contribution in [0.2, 0.25) is 0 Å². The average molecular weight is 344 g/mol. The zero-order valence-electron chi connectivity index (χ0n) is 13.9. The van der Waals surface area contributed by atoms with Crippen molar-refractivity contribution < 1.29 is 0 Å². The van der Waals surface area contributed by atoms with E-state index in [-0.39, 0.29) is 5.54 Å². The van der Waals surface area contributed by atoms with E-state index >= 15 is 0 Å². The standard InChI is InChI=1S/C16H30BrN3/c1-7-9-12(11-18-16(3,4)5)10-14-15(17)13(8-2)19-20(14)6/h12,18H,7-11H2,1-6H3. The minimum atomic E-state index is 0.185. The first-order valence-electron chi connectivity index (χ1n) is 7.73. The normalized spacial score (nSPS) is 13.8. The molecule has 0 saturated carbocycles. The third kappa shape index (κ3) is 5.21. The molecule has 1 rings (SSSR count). The molecule has 1 heterocycles. The van der Waals surface area contributed by atoms with Gasteiger partial charge >= 0.3 is 0 Å². The fourth-order valence-electron chi connectivity index (χ4n) is 2.45. The van der Waals surface area contributed by atoms with Gasteiger partial charge in [0.15, 0.2) is 0 Å². The summed E-state index contributed by atoms with van der Waals surface area (Å²) in [4.78, 5) is 0. The van der Waals surface area contributed by atoms with E-state index in [2.05, 4.69) is 68.0 Å². The largest absolute Gasteiger partial charge is 0.312 e. The second-order valence-corrected chi connectivity index (χ2v) is 7.47. The molecule has 0 aliphatic carbocycles. The van der Waals surface area contributed by atoms with Crippen molar-refractivity contribution in [3.8, 4) is 0 Å². The van der Waals surface area contributed by atoms with Crippen LogP contribution >= 0.6 is 15.9 Å². The van der Waals surface area contributed by atoms with E-state index < -0.39 is 0 Å². The van der Waals surface area contributed by atoms with Crippen molar-refractivity contribution in [2.45, 2.75) is 65.8 Å². The predicted molar refractivity (Wildman–Crippen MR) is 90.1 cm³/mol. The average Bonchev–Trinajstić information content (AvgIpc) is 2.62. The maximum atomic E-state index is 4.60. The molecule has 3 nitrogen and oxygen atoms in total. The first-order valence-corrected chi connectivity index (χ1v) is 8.53. The molecule has 0 spiro atoms. The minimum absolute atomic E-state index is 0.185. The summed E-state index contributed by atoms with van der Waals surface area (Å²) >= 11 is 3.73. The third-order valence-electron chi connectivity index (χ3n) is 3.60. The molecule has 1 aromatic rings. The summed E-state index contributed by atoms with van der Waals surface area (Å²) < 4.78 is 3.25. The molecule has 1 unspecified atom stereocenters. The summed E-state index contributed by atoms with van der Waals surface area (Å²) in [5.41, 5.74) is 2.68. The van der Waals surface area contributed by atoms with E-state index in [1.54, 1.807) is 0 Å². The van der Waals surface area contributed by atoms with E-state index in [9.17, 15) is 0 Å². The van der Waals surface area contributed by atoms with Crippen LogP contribution in [-0.4, -0.2) is 21.9 Å². The lowest BCUT2D eigenvalue weighted by Gasteiger charge is -2.25. The van der Waals surface area contributed by atoms with E-state index in [0.717, 1.165) is 19.4 Å². The van der Waals surface area contributed by atoms with Crippen LogP contribution in [0.3, 0.4) is 0 Å². The van der Waals surface area contributed by atoms with Crippen molar-refractivity contribution in [3.05, 3.63) is 15.9 Å². The molecular weight excluding hydrogens is 314 g/mol. The second-order valence-electron chi connectivity index (χ2n) is 6.67. The van der Waals surface area contributed by atoms with Gasteiger partial charge in [-0.05, 0) is 68.4 Å². The van der Waals surface area contributed by atoms with Crippen LogP contribution in [0.1, 0.15) is 58.8 Å². The van der Waals surface area contributed by atoms with Gasteiger partial charge in [0.2, 0.25) is 0 Å². The van der Waals surface area contributed by atoms with Gasteiger partial charge in [0.05, 0.1) is 15.9 Å². The van der Waals surface area contributed by atoms with Gasteiger partial charge in [0.1, 0.15) is 0 Å². The number of nitrogens with one attached hydrogen (secondary N) is 1. The highest BCUT2D eigenvalue weighted by atomic mass is 79.9. The Morgan fingerprint density at radius 2 is 1.95 bits per heavy atom. The van der Waals surface area contributed by atoms with Gasteiger partial charge < -0.3 is 5.32 Å². The predicted octanol–water partition coefficient (Wildman–Crippen LogP) is 4.09. The molecule has 0 fully saturated rings. The summed E-state index contributed by atoms with van der Waals surface area (Å²) in [6.07, 6.45) is 4.54. The number of rotatable bonds is 7. The molecule has 20 heavy (non-hydrogen) atoms. The smallest absolute Gasteiger partial charge is 0.0766 e. The Morgan fingerprint density at radius 1 is 1.30 bits per heavy atom. The topological polar surface area (TPSA) is 29.9 Å². The Balaban J connectivity index is 2.77. The number of hydrogen-bond acceptors (Lipinski definition) is 2. The van der Waals surface area contributed by atoms with Crippen LogP contribution in [-0.2, 0) is 19.9 Å². The van der Waals surface area contributed by atoms with Gasteiger partial charge in [-0.25, -0.2) is 0 Å². The molecule has 0 radical (unpaired) electrons. The number of aromatic nitrogens is 2. The van der Waals surface area contributed by atoms with Gasteiger partial charge in [0, 0.05) is 12.6 Å². The first-order chi connectivity index (χ1) is 9.28. The summed E-state index contributed by atoms with van der Waals surface area (Å²) in [5.74, 6) is 0.663. The highest BCUT2D eigenvalue weighted by molar-refractivity contribution is 9.10. The van der Waals surface area contributed by atoms with Gasteiger partial charge in [-0.1, -0.05) is 20.3 Å². The SMILES string of the molecule is CCCC(CNC(C)(C)C)Cc1c(Br)c(CC)nn1C. The zero-order valence-corrected chi connectivity index (χ0v) is 15.5.